The van der Waals surface area contributed by atoms with Gasteiger partial charge in [-0.25, -0.2) is 4.79 Å². The molecule has 1 aromatic heterocycles. The van der Waals surface area contributed by atoms with E-state index in [4.69, 9.17) is 9.15 Å². The van der Waals surface area contributed by atoms with Crippen molar-refractivity contribution in [3.63, 3.8) is 0 Å². The van der Waals surface area contributed by atoms with Crippen molar-refractivity contribution in [2.24, 2.45) is 5.92 Å². The van der Waals surface area contributed by atoms with Gasteiger partial charge in [0.1, 0.15) is 5.58 Å². The maximum absolute atomic E-state index is 12.3. The average molecular weight is 372 g/mol. The Morgan fingerprint density at radius 1 is 1.26 bits per heavy atom. The SMILES string of the molecule is CCOC(=O)C1CCN(CC(=O)Nc2ccc3c(C)cc(=O)oc3c2)CC1. The van der Waals surface area contributed by atoms with Gasteiger partial charge in [-0.2, -0.15) is 0 Å². The molecule has 1 N–H and O–H groups in total. The molecule has 144 valence electrons. The Bertz CT molecular complexity index is 897. The highest BCUT2D eigenvalue weighted by atomic mass is 16.5. The van der Waals surface area contributed by atoms with Crippen molar-refractivity contribution < 1.29 is 18.7 Å². The minimum Gasteiger partial charge on any atom is -0.466 e. The molecule has 7 nitrogen and oxygen atoms in total. The highest BCUT2D eigenvalue weighted by Gasteiger charge is 2.26. The number of rotatable bonds is 5. The highest BCUT2D eigenvalue weighted by Crippen LogP contribution is 2.21. The summed E-state index contributed by atoms with van der Waals surface area (Å²) in [5.41, 5.74) is 1.47. The number of amides is 1. The average Bonchev–Trinajstić information content (AvgIpc) is 2.62. The Kier molecular flexibility index (Phi) is 5.91. The first-order valence-corrected chi connectivity index (χ1v) is 9.19. The highest BCUT2D eigenvalue weighted by molar-refractivity contribution is 5.94. The van der Waals surface area contributed by atoms with E-state index in [0.29, 0.717) is 43.8 Å². The van der Waals surface area contributed by atoms with Crippen molar-refractivity contribution in [1.29, 1.82) is 0 Å². The van der Waals surface area contributed by atoms with Crippen LogP contribution in [0.3, 0.4) is 0 Å². The van der Waals surface area contributed by atoms with Crippen LogP contribution < -0.4 is 10.9 Å². The molecule has 0 radical (unpaired) electrons. The van der Waals surface area contributed by atoms with Crippen LogP contribution in [-0.2, 0) is 14.3 Å². The number of piperidine rings is 1. The normalized spacial score (nSPS) is 15.6. The second-order valence-corrected chi connectivity index (χ2v) is 6.81. The van der Waals surface area contributed by atoms with E-state index in [2.05, 4.69) is 5.32 Å². The molecule has 0 bridgehead atoms. The second kappa shape index (κ2) is 8.35. The number of aryl methyl sites for hydroxylation is 1. The van der Waals surface area contributed by atoms with E-state index in [1.165, 1.54) is 6.07 Å². The summed E-state index contributed by atoms with van der Waals surface area (Å²) in [6, 6.07) is 6.73. The molecule has 27 heavy (non-hydrogen) atoms. The third-order valence-electron chi connectivity index (χ3n) is 4.81. The van der Waals surface area contributed by atoms with Gasteiger partial charge in [-0.1, -0.05) is 0 Å². The molecule has 1 aromatic carbocycles. The van der Waals surface area contributed by atoms with Crippen LogP contribution in [0.25, 0.3) is 11.0 Å². The summed E-state index contributed by atoms with van der Waals surface area (Å²) >= 11 is 0. The first-order valence-electron chi connectivity index (χ1n) is 9.19. The Hall–Kier alpha value is -2.67. The number of hydrogen-bond donors (Lipinski definition) is 1. The molecule has 0 saturated carbocycles. The van der Waals surface area contributed by atoms with E-state index in [-0.39, 0.29) is 24.3 Å². The first kappa shape index (κ1) is 19.1. The smallest absolute Gasteiger partial charge is 0.336 e. The number of ether oxygens (including phenoxy) is 1. The zero-order valence-corrected chi connectivity index (χ0v) is 15.6. The van der Waals surface area contributed by atoms with Gasteiger partial charge in [0.2, 0.25) is 5.91 Å². The van der Waals surface area contributed by atoms with Gasteiger partial charge >= 0.3 is 11.6 Å². The lowest BCUT2D eigenvalue weighted by Gasteiger charge is -2.30. The summed E-state index contributed by atoms with van der Waals surface area (Å²) in [6.07, 6.45) is 1.40. The summed E-state index contributed by atoms with van der Waals surface area (Å²) in [6.45, 7) is 5.66. The predicted molar refractivity (Wildman–Crippen MR) is 102 cm³/mol. The third kappa shape index (κ3) is 4.74. The Morgan fingerprint density at radius 2 is 2.00 bits per heavy atom. The number of nitrogens with zero attached hydrogens (tertiary/aromatic N) is 1. The molecular weight excluding hydrogens is 348 g/mol. The molecule has 2 heterocycles. The lowest BCUT2D eigenvalue weighted by atomic mass is 9.97. The molecule has 7 heteroatoms. The monoisotopic (exact) mass is 372 g/mol. The van der Waals surface area contributed by atoms with Crippen LogP contribution in [-0.4, -0.2) is 43.0 Å². The van der Waals surface area contributed by atoms with E-state index in [1.807, 2.05) is 17.9 Å². The lowest BCUT2D eigenvalue weighted by molar-refractivity contribution is -0.149. The predicted octanol–water partition coefficient (Wildman–Crippen LogP) is 2.32. The van der Waals surface area contributed by atoms with Gasteiger partial charge in [-0.15, -0.1) is 0 Å². The number of carbonyl (C=O) groups is 2. The fourth-order valence-corrected chi connectivity index (χ4v) is 3.39. The van der Waals surface area contributed by atoms with Crippen LogP contribution in [0.4, 0.5) is 5.69 Å². The zero-order chi connectivity index (χ0) is 19.4. The molecule has 0 aliphatic carbocycles. The summed E-state index contributed by atoms with van der Waals surface area (Å²) in [5.74, 6) is -0.357. The Balaban J connectivity index is 1.56. The molecule has 0 unspecified atom stereocenters. The van der Waals surface area contributed by atoms with Crippen molar-refractivity contribution in [3.05, 3.63) is 40.2 Å². The number of hydrogen-bond acceptors (Lipinski definition) is 6. The molecule has 1 aliphatic rings. The van der Waals surface area contributed by atoms with Crippen molar-refractivity contribution in [2.45, 2.75) is 26.7 Å². The molecule has 0 atom stereocenters. The molecular formula is C20H24N2O5. The number of carbonyl (C=O) groups excluding carboxylic acids is 2. The van der Waals surface area contributed by atoms with Crippen molar-refractivity contribution in [1.82, 2.24) is 4.90 Å². The first-order chi connectivity index (χ1) is 13.0. The molecule has 1 aliphatic heterocycles. The van der Waals surface area contributed by atoms with Crippen molar-refractivity contribution in [2.75, 3.05) is 31.6 Å². The van der Waals surface area contributed by atoms with Gasteiger partial charge in [0.05, 0.1) is 19.1 Å². The van der Waals surface area contributed by atoms with Crippen LogP contribution in [0.1, 0.15) is 25.3 Å². The molecule has 0 spiro atoms. The largest absolute Gasteiger partial charge is 0.466 e. The number of fused-ring (bicyclic) bond motifs is 1. The fourth-order valence-electron chi connectivity index (χ4n) is 3.39. The number of nitrogens with one attached hydrogen (secondary N) is 1. The molecule has 1 saturated heterocycles. The van der Waals surface area contributed by atoms with E-state index >= 15 is 0 Å². The number of likely N-dealkylation sites (tertiary alicyclic amines) is 1. The topological polar surface area (TPSA) is 88.9 Å². The minimum atomic E-state index is -0.409. The van der Waals surface area contributed by atoms with E-state index in [9.17, 15) is 14.4 Å². The standard InChI is InChI=1S/C20H24N2O5/c1-3-26-20(25)14-6-8-22(9-7-14)12-18(23)21-15-4-5-16-13(2)10-19(24)27-17(16)11-15/h4-5,10-11,14H,3,6-9,12H2,1-2H3,(H,21,23). The third-order valence-corrected chi connectivity index (χ3v) is 4.81. The number of benzene rings is 1. The van der Waals surface area contributed by atoms with Gasteiger partial charge in [-0.05, 0) is 57.5 Å². The van der Waals surface area contributed by atoms with Gasteiger partial charge in [-0.3, -0.25) is 14.5 Å². The summed E-state index contributed by atoms with van der Waals surface area (Å²) in [7, 11) is 0. The van der Waals surface area contributed by atoms with Crippen LogP contribution in [0.15, 0.2) is 33.5 Å². The van der Waals surface area contributed by atoms with E-state index in [0.717, 1.165) is 10.9 Å². The number of esters is 1. The summed E-state index contributed by atoms with van der Waals surface area (Å²) in [5, 5.41) is 3.68. The Labute approximate surface area is 157 Å². The van der Waals surface area contributed by atoms with E-state index in [1.54, 1.807) is 19.1 Å². The van der Waals surface area contributed by atoms with Crippen molar-refractivity contribution in [3.8, 4) is 0 Å². The summed E-state index contributed by atoms with van der Waals surface area (Å²) in [4.78, 5) is 37.7. The maximum Gasteiger partial charge on any atom is 0.336 e. The second-order valence-electron chi connectivity index (χ2n) is 6.81. The van der Waals surface area contributed by atoms with Crippen LogP contribution in [0, 0.1) is 12.8 Å². The van der Waals surface area contributed by atoms with Crippen LogP contribution in [0.5, 0.6) is 0 Å². The maximum atomic E-state index is 12.3. The fraction of sp³-hybridized carbons (Fsp3) is 0.450. The minimum absolute atomic E-state index is 0.0733. The van der Waals surface area contributed by atoms with Crippen LogP contribution >= 0.6 is 0 Å². The molecule has 1 fully saturated rings. The van der Waals surface area contributed by atoms with Gasteiger partial charge < -0.3 is 14.5 Å². The number of anilines is 1. The zero-order valence-electron chi connectivity index (χ0n) is 15.6. The molecule has 2 aromatic rings. The van der Waals surface area contributed by atoms with Gasteiger partial charge in [0.25, 0.3) is 0 Å². The lowest BCUT2D eigenvalue weighted by Crippen LogP contribution is -2.41. The Morgan fingerprint density at radius 3 is 2.70 bits per heavy atom. The molecule has 3 rings (SSSR count). The van der Waals surface area contributed by atoms with Gasteiger partial charge in [0.15, 0.2) is 0 Å². The van der Waals surface area contributed by atoms with Crippen LogP contribution in [0.2, 0.25) is 0 Å². The molecule has 1 amide bonds. The van der Waals surface area contributed by atoms with Gasteiger partial charge in [0, 0.05) is 23.2 Å². The van der Waals surface area contributed by atoms with E-state index < -0.39 is 5.63 Å². The summed E-state index contributed by atoms with van der Waals surface area (Å²) < 4.78 is 10.3. The quantitative estimate of drug-likeness (QED) is 0.640. The van der Waals surface area contributed by atoms with Crippen molar-refractivity contribution >= 4 is 28.5 Å².